The van der Waals surface area contributed by atoms with Crippen LogP contribution >= 0.6 is 0 Å². The Kier molecular flexibility index (Phi) is 10.8. The fraction of sp³-hybridized carbons (Fsp3) is 0.652. The molecule has 2 atom stereocenters. The first kappa shape index (κ1) is 22.2. The van der Waals surface area contributed by atoms with Crippen LogP contribution in [0.1, 0.15) is 77.2 Å². The molecule has 0 N–H and O–H groups in total. The molecule has 0 bridgehead atoms. The van der Waals surface area contributed by atoms with Gasteiger partial charge in [-0.05, 0) is 56.7 Å². The molecule has 3 rings (SSSR count). The number of unbranched alkanes of at least 4 members (excludes halogenated alkanes) is 5. The van der Waals surface area contributed by atoms with E-state index in [0.717, 1.165) is 30.1 Å². The van der Waals surface area contributed by atoms with Gasteiger partial charge in [0, 0.05) is 6.42 Å². The fourth-order valence-corrected chi connectivity index (χ4v) is 4.58. The number of hydrogen-bond acceptors (Lipinski definition) is 3. The maximum Gasteiger partial charge on any atom is 0.231 e. The summed E-state index contributed by atoms with van der Waals surface area (Å²) in [7, 11) is 0. The van der Waals surface area contributed by atoms with Crippen LogP contribution in [0.4, 0.5) is 0 Å². The number of rotatable bonds is 10. The molecule has 2 unspecified atom stereocenters. The first-order chi connectivity index (χ1) is 13.2. The highest BCUT2D eigenvalue weighted by Crippen LogP contribution is 2.33. The summed E-state index contributed by atoms with van der Waals surface area (Å²) in [5, 5.41) is 0.191. The van der Waals surface area contributed by atoms with E-state index >= 15 is 0 Å². The van der Waals surface area contributed by atoms with Gasteiger partial charge in [-0.15, -0.1) is 0 Å². The van der Waals surface area contributed by atoms with E-state index in [2.05, 4.69) is 26.0 Å². The lowest BCUT2D eigenvalue weighted by atomic mass is 10.1. The molecule has 0 saturated heterocycles. The second-order valence-corrected chi connectivity index (χ2v) is 9.43. The van der Waals surface area contributed by atoms with E-state index in [1.54, 1.807) is 0 Å². The lowest BCUT2D eigenvalue weighted by molar-refractivity contribution is 0.174. The van der Waals surface area contributed by atoms with Gasteiger partial charge in [-0.2, -0.15) is 0 Å². The molecule has 0 aromatic heterocycles. The highest BCUT2D eigenvalue weighted by molar-refractivity contribution is 7.91. The maximum atomic E-state index is 12.3. The summed E-state index contributed by atoms with van der Waals surface area (Å²) in [6.45, 7) is 4.61. The Hall–Kier alpha value is -1.13. The summed E-state index contributed by atoms with van der Waals surface area (Å²) in [6.07, 6.45) is 16.8. The molecule has 2 aliphatic rings. The zero-order chi connectivity index (χ0) is 19.3. The molecule has 0 spiro atoms. The van der Waals surface area contributed by atoms with Crippen LogP contribution in [0.3, 0.4) is 0 Å². The van der Waals surface area contributed by atoms with Crippen molar-refractivity contribution >= 4 is 11.2 Å². The molecule has 0 saturated carbocycles. The van der Waals surface area contributed by atoms with Crippen LogP contribution in [-0.4, -0.2) is 22.3 Å². The minimum Gasteiger partial charge on any atom is -0.616 e. The van der Waals surface area contributed by atoms with Gasteiger partial charge in [-0.3, -0.25) is 0 Å². The van der Waals surface area contributed by atoms with Crippen LogP contribution in [0, 0.1) is 0 Å². The summed E-state index contributed by atoms with van der Waals surface area (Å²) >= 11 is -0.743. The molecule has 4 heteroatoms. The third kappa shape index (κ3) is 8.61. The van der Waals surface area contributed by atoms with Gasteiger partial charge in [0.15, 0.2) is 11.5 Å². The molecule has 0 amide bonds. The van der Waals surface area contributed by atoms with Crippen molar-refractivity contribution in [1.82, 2.24) is 0 Å². The molecule has 1 aliphatic carbocycles. The molecule has 1 aromatic carbocycles. The maximum absolute atomic E-state index is 12.3. The van der Waals surface area contributed by atoms with Crippen LogP contribution in [0.2, 0.25) is 0 Å². The molecule has 1 aromatic rings. The van der Waals surface area contributed by atoms with E-state index in [1.165, 1.54) is 56.9 Å². The normalized spacial score (nSPS) is 16.7. The summed E-state index contributed by atoms with van der Waals surface area (Å²) in [4.78, 5) is 0. The van der Waals surface area contributed by atoms with Crippen molar-refractivity contribution in [2.45, 2.75) is 83.3 Å². The second-order valence-electron chi connectivity index (χ2n) is 7.46. The van der Waals surface area contributed by atoms with E-state index in [1.807, 2.05) is 18.2 Å². The van der Waals surface area contributed by atoms with Gasteiger partial charge in [0.05, 0.1) is 0 Å². The average Bonchev–Trinajstić information content (AvgIpc) is 3.38. The zero-order valence-corrected chi connectivity index (χ0v) is 17.9. The Bertz CT molecular complexity index is 553. The van der Waals surface area contributed by atoms with Crippen molar-refractivity contribution < 1.29 is 14.0 Å². The first-order valence-corrected chi connectivity index (χ1v) is 12.0. The predicted octanol–water partition coefficient (Wildman–Crippen LogP) is 6.18. The van der Waals surface area contributed by atoms with E-state index in [0.29, 0.717) is 6.79 Å². The van der Waals surface area contributed by atoms with E-state index in [-0.39, 0.29) is 5.25 Å². The molecule has 1 aliphatic heterocycles. The largest absolute Gasteiger partial charge is 0.616 e. The quantitative estimate of drug-likeness (QED) is 0.271. The van der Waals surface area contributed by atoms with Crippen molar-refractivity contribution in [3.8, 4) is 11.5 Å². The standard InChI is InChI=1S/C18H28O3S.C5H8/c1-3-4-5-6-7-8-11-22(19)15(2)12-16-9-10-17-18(13-16)21-14-20-17;1-2-4-5-3-1/h9-10,13,15H,3-8,11-12,14H2,1-2H3;1-2H,3-5H2. The van der Waals surface area contributed by atoms with Crippen LogP contribution in [0.25, 0.3) is 0 Å². The van der Waals surface area contributed by atoms with E-state index < -0.39 is 11.2 Å². The van der Waals surface area contributed by atoms with Crippen LogP contribution in [0.15, 0.2) is 30.4 Å². The Morgan fingerprint density at radius 2 is 1.70 bits per heavy atom. The third-order valence-electron chi connectivity index (χ3n) is 5.02. The van der Waals surface area contributed by atoms with Crippen LogP contribution in [-0.2, 0) is 17.6 Å². The molecule has 27 heavy (non-hydrogen) atoms. The molecule has 3 nitrogen and oxygen atoms in total. The summed E-state index contributed by atoms with van der Waals surface area (Å²) in [5.41, 5.74) is 1.17. The minimum absolute atomic E-state index is 0.191. The van der Waals surface area contributed by atoms with E-state index in [4.69, 9.17) is 9.47 Å². The molecular weight excluding hydrogens is 356 g/mol. The molecule has 0 radical (unpaired) electrons. The SMILES string of the molecule is C1=CCCC1.CCCCCCCC[S+]([O-])C(C)Cc1ccc2c(c1)OCO2. The van der Waals surface area contributed by atoms with Gasteiger partial charge in [-0.25, -0.2) is 0 Å². The zero-order valence-electron chi connectivity index (χ0n) is 17.1. The fourth-order valence-electron chi connectivity index (χ4n) is 3.31. The topological polar surface area (TPSA) is 41.5 Å². The number of fused-ring (bicyclic) bond motifs is 1. The molecular formula is C23H36O3S. The number of allylic oxidation sites excluding steroid dienone is 2. The van der Waals surface area contributed by atoms with Gasteiger partial charge in [0.25, 0.3) is 0 Å². The Morgan fingerprint density at radius 3 is 2.41 bits per heavy atom. The highest BCUT2D eigenvalue weighted by Gasteiger charge is 2.19. The van der Waals surface area contributed by atoms with Gasteiger partial charge >= 0.3 is 0 Å². The second kappa shape index (κ2) is 13.1. The Morgan fingerprint density at radius 1 is 1.00 bits per heavy atom. The summed E-state index contributed by atoms with van der Waals surface area (Å²) < 4.78 is 23.0. The van der Waals surface area contributed by atoms with Crippen LogP contribution in [0.5, 0.6) is 11.5 Å². The minimum atomic E-state index is -0.743. The third-order valence-corrected chi connectivity index (χ3v) is 6.77. The lowest BCUT2D eigenvalue weighted by Gasteiger charge is -2.18. The van der Waals surface area contributed by atoms with Gasteiger partial charge in [0.1, 0.15) is 11.0 Å². The molecule has 1 heterocycles. The number of benzene rings is 1. The monoisotopic (exact) mass is 392 g/mol. The summed E-state index contributed by atoms with van der Waals surface area (Å²) in [5.74, 6) is 2.45. The van der Waals surface area contributed by atoms with Gasteiger partial charge in [-0.1, -0.05) is 62.0 Å². The van der Waals surface area contributed by atoms with Crippen LogP contribution < -0.4 is 9.47 Å². The Balaban J connectivity index is 0.000000451. The summed E-state index contributed by atoms with van der Waals surface area (Å²) in [6, 6.07) is 6.01. The average molecular weight is 393 g/mol. The van der Waals surface area contributed by atoms with Crippen molar-refractivity contribution in [1.29, 1.82) is 0 Å². The molecule has 0 fully saturated rings. The number of ether oxygens (including phenoxy) is 2. The van der Waals surface area contributed by atoms with Gasteiger partial charge < -0.3 is 14.0 Å². The Labute approximate surface area is 168 Å². The van der Waals surface area contributed by atoms with Crippen molar-refractivity contribution in [3.63, 3.8) is 0 Å². The predicted molar refractivity (Wildman–Crippen MR) is 115 cm³/mol. The first-order valence-electron chi connectivity index (χ1n) is 10.6. The smallest absolute Gasteiger partial charge is 0.231 e. The molecule has 152 valence electrons. The highest BCUT2D eigenvalue weighted by atomic mass is 32.2. The number of hydrogen-bond donors (Lipinski definition) is 0. The van der Waals surface area contributed by atoms with Crippen molar-refractivity contribution in [3.05, 3.63) is 35.9 Å². The van der Waals surface area contributed by atoms with Gasteiger partial charge in [0.2, 0.25) is 6.79 Å². The van der Waals surface area contributed by atoms with E-state index in [9.17, 15) is 4.55 Å². The van der Waals surface area contributed by atoms with Crippen molar-refractivity contribution in [2.24, 2.45) is 0 Å². The lowest BCUT2D eigenvalue weighted by Crippen LogP contribution is -2.23. The van der Waals surface area contributed by atoms with Crippen molar-refractivity contribution in [2.75, 3.05) is 12.5 Å².